The fraction of sp³-hybridized carbons (Fsp3) is 0.455. The molecular weight excluding hydrogens is 286 g/mol. The van der Waals surface area contributed by atoms with E-state index in [1.807, 2.05) is 0 Å². The highest BCUT2D eigenvalue weighted by molar-refractivity contribution is 9.10. The van der Waals surface area contributed by atoms with Crippen molar-refractivity contribution in [3.8, 4) is 0 Å². The zero-order valence-electron chi connectivity index (χ0n) is 9.69. The molecule has 0 saturated carbocycles. The molecule has 17 heavy (non-hydrogen) atoms. The maximum absolute atomic E-state index is 11.8. The van der Waals surface area contributed by atoms with Crippen LogP contribution in [0.5, 0.6) is 0 Å². The van der Waals surface area contributed by atoms with Crippen LogP contribution in [0.3, 0.4) is 0 Å². The van der Waals surface area contributed by atoms with Gasteiger partial charge in [0, 0.05) is 6.54 Å². The van der Waals surface area contributed by atoms with Crippen molar-refractivity contribution in [1.29, 1.82) is 0 Å². The average Bonchev–Trinajstić information content (AvgIpc) is 2.28. The quantitative estimate of drug-likeness (QED) is 0.779. The second-order valence-corrected chi connectivity index (χ2v) is 4.51. The van der Waals surface area contributed by atoms with E-state index in [4.69, 9.17) is 5.11 Å². The molecule has 0 aromatic carbocycles. The van der Waals surface area contributed by atoms with E-state index in [-0.39, 0.29) is 11.7 Å². The highest BCUT2D eigenvalue weighted by atomic mass is 79.9. The van der Waals surface area contributed by atoms with Crippen LogP contribution >= 0.6 is 15.9 Å². The van der Waals surface area contributed by atoms with Crippen LogP contribution in [0.15, 0.2) is 28.1 Å². The number of nitrogens with zero attached hydrogens (tertiary/aromatic N) is 2. The second-order valence-electron chi connectivity index (χ2n) is 3.71. The number of aromatic nitrogens is 2. The van der Waals surface area contributed by atoms with Crippen LogP contribution in [0.4, 0.5) is 5.69 Å². The van der Waals surface area contributed by atoms with E-state index in [0.717, 1.165) is 0 Å². The van der Waals surface area contributed by atoms with Crippen LogP contribution in [-0.2, 0) is 6.54 Å². The summed E-state index contributed by atoms with van der Waals surface area (Å²) >= 11 is 3.24. The second kappa shape index (κ2) is 6.56. The Morgan fingerprint density at radius 1 is 1.76 bits per heavy atom. The van der Waals surface area contributed by atoms with Crippen LogP contribution in [-0.4, -0.2) is 27.5 Å². The first-order valence-electron chi connectivity index (χ1n) is 5.34. The first-order valence-corrected chi connectivity index (χ1v) is 6.14. The first kappa shape index (κ1) is 13.9. The Morgan fingerprint density at radius 2 is 2.47 bits per heavy atom. The SMILES string of the molecule is C=CCn1ncc(NCCC(C)O)c(Br)c1=O. The Kier molecular flexibility index (Phi) is 5.37. The summed E-state index contributed by atoms with van der Waals surface area (Å²) in [4.78, 5) is 11.8. The van der Waals surface area contributed by atoms with Crippen molar-refractivity contribution in [3.63, 3.8) is 0 Å². The molecule has 0 aliphatic heterocycles. The maximum atomic E-state index is 11.8. The first-order chi connectivity index (χ1) is 8.06. The molecule has 1 unspecified atom stereocenters. The van der Waals surface area contributed by atoms with Gasteiger partial charge in [-0.2, -0.15) is 5.10 Å². The molecule has 1 heterocycles. The Hall–Kier alpha value is -1.14. The van der Waals surface area contributed by atoms with E-state index in [1.54, 1.807) is 19.2 Å². The molecule has 0 fully saturated rings. The lowest BCUT2D eigenvalue weighted by Gasteiger charge is -2.10. The lowest BCUT2D eigenvalue weighted by Crippen LogP contribution is -2.24. The fourth-order valence-corrected chi connectivity index (χ4v) is 1.70. The molecule has 0 saturated heterocycles. The fourth-order valence-electron chi connectivity index (χ4n) is 1.26. The molecule has 5 nitrogen and oxygen atoms in total. The molecule has 0 spiro atoms. The van der Waals surface area contributed by atoms with Crippen molar-refractivity contribution in [1.82, 2.24) is 9.78 Å². The van der Waals surface area contributed by atoms with Gasteiger partial charge in [-0.3, -0.25) is 4.79 Å². The highest BCUT2D eigenvalue weighted by Gasteiger charge is 2.07. The Bertz CT molecular complexity index is 443. The predicted octanol–water partition coefficient (Wildman–Crippen LogP) is 1.37. The molecule has 0 amide bonds. The summed E-state index contributed by atoms with van der Waals surface area (Å²) in [6.45, 7) is 6.25. The van der Waals surface area contributed by atoms with Crippen molar-refractivity contribution >= 4 is 21.6 Å². The van der Waals surface area contributed by atoms with Crippen molar-refractivity contribution in [2.75, 3.05) is 11.9 Å². The number of aliphatic hydroxyl groups is 1. The van der Waals surface area contributed by atoms with Gasteiger partial charge in [0.1, 0.15) is 4.47 Å². The van der Waals surface area contributed by atoms with Gasteiger partial charge in [-0.05, 0) is 29.3 Å². The van der Waals surface area contributed by atoms with Crippen LogP contribution in [0.2, 0.25) is 0 Å². The van der Waals surface area contributed by atoms with E-state index >= 15 is 0 Å². The summed E-state index contributed by atoms with van der Waals surface area (Å²) in [7, 11) is 0. The lowest BCUT2D eigenvalue weighted by atomic mass is 10.3. The lowest BCUT2D eigenvalue weighted by molar-refractivity contribution is 0.188. The average molecular weight is 302 g/mol. The minimum absolute atomic E-state index is 0.202. The Balaban J connectivity index is 2.78. The van der Waals surface area contributed by atoms with Crippen molar-refractivity contribution in [3.05, 3.63) is 33.7 Å². The van der Waals surface area contributed by atoms with Crippen molar-refractivity contribution in [2.24, 2.45) is 0 Å². The summed E-state index contributed by atoms with van der Waals surface area (Å²) in [5, 5.41) is 16.2. The summed E-state index contributed by atoms with van der Waals surface area (Å²) < 4.78 is 1.76. The number of anilines is 1. The summed E-state index contributed by atoms with van der Waals surface area (Å²) in [6.07, 6.45) is 3.44. The van der Waals surface area contributed by atoms with Gasteiger partial charge in [0.25, 0.3) is 5.56 Å². The van der Waals surface area contributed by atoms with Crippen LogP contribution < -0.4 is 10.9 Å². The molecule has 1 atom stereocenters. The van der Waals surface area contributed by atoms with Crippen molar-refractivity contribution in [2.45, 2.75) is 26.0 Å². The summed E-state index contributed by atoms with van der Waals surface area (Å²) in [5.41, 5.74) is 0.433. The van der Waals surface area contributed by atoms with E-state index in [1.165, 1.54) is 4.68 Å². The maximum Gasteiger partial charge on any atom is 0.283 e. The van der Waals surface area contributed by atoms with Gasteiger partial charge in [0.15, 0.2) is 0 Å². The number of rotatable bonds is 6. The van der Waals surface area contributed by atoms with E-state index in [0.29, 0.717) is 29.7 Å². The van der Waals surface area contributed by atoms with Crippen LogP contribution in [0.1, 0.15) is 13.3 Å². The monoisotopic (exact) mass is 301 g/mol. The van der Waals surface area contributed by atoms with Gasteiger partial charge in [-0.25, -0.2) is 4.68 Å². The van der Waals surface area contributed by atoms with Crippen LogP contribution in [0, 0.1) is 0 Å². The molecule has 1 aromatic heterocycles. The number of aliphatic hydroxyl groups excluding tert-OH is 1. The molecule has 94 valence electrons. The Morgan fingerprint density at radius 3 is 3.06 bits per heavy atom. The molecule has 1 rings (SSSR count). The molecule has 0 radical (unpaired) electrons. The van der Waals surface area contributed by atoms with E-state index in [9.17, 15) is 4.79 Å². The van der Waals surface area contributed by atoms with Gasteiger partial charge < -0.3 is 10.4 Å². The minimum Gasteiger partial charge on any atom is -0.393 e. The standard InChI is InChI=1S/C11H16BrN3O2/c1-3-6-15-11(17)10(12)9(7-14-15)13-5-4-8(2)16/h3,7-8,13,16H,1,4-6H2,2H3. The smallest absolute Gasteiger partial charge is 0.283 e. The molecule has 1 aromatic rings. The number of allylic oxidation sites excluding steroid dienone is 1. The number of halogens is 1. The third-order valence-corrected chi connectivity index (χ3v) is 2.93. The molecule has 0 bridgehead atoms. The van der Waals surface area contributed by atoms with E-state index in [2.05, 4.69) is 32.9 Å². The largest absolute Gasteiger partial charge is 0.393 e. The minimum atomic E-state index is -0.365. The molecular formula is C11H16BrN3O2. The number of nitrogens with one attached hydrogen (secondary N) is 1. The third-order valence-electron chi connectivity index (χ3n) is 2.16. The van der Waals surface area contributed by atoms with Gasteiger partial charge in [0.2, 0.25) is 0 Å². The molecule has 0 aliphatic carbocycles. The van der Waals surface area contributed by atoms with Crippen molar-refractivity contribution < 1.29 is 5.11 Å². The summed E-state index contributed by atoms with van der Waals surface area (Å²) in [5.74, 6) is 0. The topological polar surface area (TPSA) is 67.2 Å². The summed E-state index contributed by atoms with van der Waals surface area (Å²) in [6, 6.07) is 0. The molecule has 2 N–H and O–H groups in total. The van der Waals surface area contributed by atoms with Gasteiger partial charge in [0.05, 0.1) is 24.5 Å². The Labute approximate surface area is 108 Å². The third kappa shape index (κ3) is 3.98. The van der Waals surface area contributed by atoms with Gasteiger partial charge >= 0.3 is 0 Å². The van der Waals surface area contributed by atoms with Crippen LogP contribution in [0.25, 0.3) is 0 Å². The van der Waals surface area contributed by atoms with Gasteiger partial charge in [-0.1, -0.05) is 6.08 Å². The predicted molar refractivity (Wildman–Crippen MR) is 71.2 cm³/mol. The normalized spacial score (nSPS) is 12.2. The zero-order valence-corrected chi connectivity index (χ0v) is 11.3. The number of hydrogen-bond donors (Lipinski definition) is 2. The van der Waals surface area contributed by atoms with Gasteiger partial charge in [-0.15, -0.1) is 6.58 Å². The molecule has 0 aliphatic rings. The molecule has 6 heteroatoms. The number of hydrogen-bond acceptors (Lipinski definition) is 4. The van der Waals surface area contributed by atoms with E-state index < -0.39 is 0 Å². The highest BCUT2D eigenvalue weighted by Crippen LogP contribution is 2.15. The zero-order chi connectivity index (χ0) is 12.8.